The maximum absolute atomic E-state index is 13.7. The summed E-state index contributed by atoms with van der Waals surface area (Å²) in [5.74, 6) is -2.67. The zero-order valence-electron chi connectivity index (χ0n) is 24.8. The Morgan fingerprint density at radius 3 is 2.12 bits per heavy atom. The third-order valence-electron chi connectivity index (χ3n) is 7.27. The van der Waals surface area contributed by atoms with Crippen molar-refractivity contribution in [2.24, 2.45) is 17.4 Å². The fraction of sp³-hybridized carbons (Fsp3) is 0.438. The van der Waals surface area contributed by atoms with E-state index in [0.29, 0.717) is 25.8 Å². The Bertz CT molecular complexity index is 1360. The van der Waals surface area contributed by atoms with Gasteiger partial charge in [0.05, 0.1) is 6.04 Å². The Kier molecular flexibility index (Phi) is 12.7. The van der Waals surface area contributed by atoms with Crippen LogP contribution in [0.2, 0.25) is 0 Å². The summed E-state index contributed by atoms with van der Waals surface area (Å²) in [5.41, 5.74) is 14.2. The molecule has 3 rings (SSSR count). The van der Waals surface area contributed by atoms with Gasteiger partial charge in [-0.2, -0.15) is 0 Å². The molecule has 3 amide bonds. The molecule has 0 fully saturated rings. The summed E-state index contributed by atoms with van der Waals surface area (Å²) >= 11 is 0. The van der Waals surface area contributed by atoms with E-state index >= 15 is 0 Å². The highest BCUT2D eigenvalue weighted by molar-refractivity contribution is 5.95. The number of hydrogen-bond donors (Lipinski definition) is 7. The Morgan fingerprint density at radius 2 is 1.44 bits per heavy atom. The minimum Gasteiger partial charge on any atom is -0.480 e. The van der Waals surface area contributed by atoms with Crippen molar-refractivity contribution in [2.75, 3.05) is 6.54 Å². The van der Waals surface area contributed by atoms with Crippen LogP contribution in [0.1, 0.15) is 50.7 Å². The van der Waals surface area contributed by atoms with Gasteiger partial charge in [-0.05, 0) is 55.3 Å². The maximum Gasteiger partial charge on any atom is 0.326 e. The first kappa shape index (κ1) is 33.3. The molecular formula is C32H44N6O5. The van der Waals surface area contributed by atoms with Crippen LogP contribution in [-0.4, -0.2) is 64.5 Å². The van der Waals surface area contributed by atoms with Gasteiger partial charge in [0.2, 0.25) is 17.7 Å². The first-order valence-electron chi connectivity index (χ1n) is 14.8. The number of aromatic amines is 1. The smallest absolute Gasteiger partial charge is 0.326 e. The summed E-state index contributed by atoms with van der Waals surface area (Å²) in [5, 5.41) is 18.9. The molecule has 1 heterocycles. The van der Waals surface area contributed by atoms with Crippen molar-refractivity contribution >= 4 is 34.6 Å². The van der Waals surface area contributed by atoms with Crippen molar-refractivity contribution in [3.8, 4) is 0 Å². The highest BCUT2D eigenvalue weighted by atomic mass is 16.4. The molecule has 3 aromatic rings. The first-order chi connectivity index (χ1) is 20.6. The number of unbranched alkanes of at least 4 members (excludes halogenated alkanes) is 1. The lowest BCUT2D eigenvalue weighted by Crippen LogP contribution is -2.57. The van der Waals surface area contributed by atoms with Gasteiger partial charge < -0.3 is 37.5 Å². The van der Waals surface area contributed by atoms with Gasteiger partial charge in [-0.25, -0.2) is 4.79 Å². The summed E-state index contributed by atoms with van der Waals surface area (Å²) in [6.45, 7) is 4.31. The van der Waals surface area contributed by atoms with E-state index in [1.54, 1.807) is 30.5 Å². The number of rotatable bonds is 17. The van der Waals surface area contributed by atoms with E-state index in [1.807, 2.05) is 44.2 Å². The average molecular weight is 593 g/mol. The number of carbonyl (C=O) groups is 4. The normalized spacial score (nSPS) is 14.1. The molecule has 0 aliphatic carbocycles. The van der Waals surface area contributed by atoms with Gasteiger partial charge in [0.1, 0.15) is 18.1 Å². The SMILES string of the molecule is CC(C)CC(N)C(=O)NC(Cc1c[nH]c2ccccc12)C(=O)NC(CCCCN)C(=O)NC(Cc1ccccc1)C(=O)O. The summed E-state index contributed by atoms with van der Waals surface area (Å²) < 4.78 is 0. The van der Waals surface area contributed by atoms with Gasteiger partial charge in [-0.3, -0.25) is 14.4 Å². The molecular weight excluding hydrogens is 548 g/mol. The van der Waals surface area contributed by atoms with E-state index < -0.39 is 47.9 Å². The minimum atomic E-state index is -1.19. The highest BCUT2D eigenvalue weighted by Gasteiger charge is 2.31. The van der Waals surface area contributed by atoms with E-state index in [0.717, 1.165) is 22.0 Å². The number of benzene rings is 2. The lowest BCUT2D eigenvalue weighted by atomic mass is 10.0. The second-order valence-corrected chi connectivity index (χ2v) is 11.3. The third-order valence-corrected chi connectivity index (χ3v) is 7.27. The second-order valence-electron chi connectivity index (χ2n) is 11.3. The van der Waals surface area contributed by atoms with Crippen LogP contribution in [0, 0.1) is 5.92 Å². The number of aliphatic carboxylic acids is 1. The standard InChI is InChI=1S/C32H44N6O5/c1-20(2)16-24(34)29(39)37-27(18-22-19-35-25-13-7-6-12-23(22)25)31(41)36-26(14-8-9-15-33)30(40)38-28(32(42)43)17-21-10-4-3-5-11-21/h3-7,10-13,19-20,24,26-28,35H,8-9,14-18,33-34H2,1-2H3,(H,36,41)(H,37,39)(H,38,40)(H,42,43). The summed E-state index contributed by atoms with van der Waals surface area (Å²) in [6, 6.07) is 12.5. The van der Waals surface area contributed by atoms with E-state index in [1.165, 1.54) is 0 Å². The second kappa shape index (κ2) is 16.4. The number of amides is 3. The number of carbonyl (C=O) groups excluding carboxylic acids is 3. The van der Waals surface area contributed by atoms with Crippen LogP contribution in [-0.2, 0) is 32.0 Å². The maximum atomic E-state index is 13.7. The molecule has 4 atom stereocenters. The molecule has 0 saturated carbocycles. The predicted molar refractivity (Wildman–Crippen MR) is 166 cm³/mol. The van der Waals surface area contributed by atoms with Crippen molar-refractivity contribution in [2.45, 2.75) is 76.5 Å². The third kappa shape index (κ3) is 10.2. The molecule has 0 aliphatic heterocycles. The van der Waals surface area contributed by atoms with Crippen LogP contribution in [0.15, 0.2) is 60.8 Å². The molecule has 0 radical (unpaired) electrons. The molecule has 4 unspecified atom stereocenters. The molecule has 9 N–H and O–H groups in total. The molecule has 11 nitrogen and oxygen atoms in total. The van der Waals surface area contributed by atoms with Crippen LogP contribution < -0.4 is 27.4 Å². The van der Waals surface area contributed by atoms with Gasteiger partial charge in [0, 0.05) is 29.9 Å². The summed E-state index contributed by atoms with van der Waals surface area (Å²) in [7, 11) is 0. The average Bonchev–Trinajstić information content (AvgIpc) is 3.38. The number of para-hydroxylation sites is 1. The Hall–Kier alpha value is -4.22. The fourth-order valence-corrected chi connectivity index (χ4v) is 4.98. The van der Waals surface area contributed by atoms with Crippen LogP contribution in [0.4, 0.5) is 0 Å². The number of fused-ring (bicyclic) bond motifs is 1. The number of carboxylic acids is 1. The fourth-order valence-electron chi connectivity index (χ4n) is 4.98. The first-order valence-corrected chi connectivity index (χ1v) is 14.8. The lowest BCUT2D eigenvalue weighted by molar-refractivity contribution is -0.142. The van der Waals surface area contributed by atoms with Crippen molar-refractivity contribution in [3.63, 3.8) is 0 Å². The monoisotopic (exact) mass is 592 g/mol. The molecule has 232 valence electrons. The van der Waals surface area contributed by atoms with Gasteiger partial charge >= 0.3 is 5.97 Å². The quantitative estimate of drug-likeness (QED) is 0.117. The van der Waals surface area contributed by atoms with E-state index in [9.17, 15) is 24.3 Å². The topological polar surface area (TPSA) is 192 Å². The van der Waals surface area contributed by atoms with E-state index in [4.69, 9.17) is 11.5 Å². The molecule has 43 heavy (non-hydrogen) atoms. The number of nitrogens with one attached hydrogen (secondary N) is 4. The van der Waals surface area contributed by atoms with Crippen molar-refractivity contribution in [1.82, 2.24) is 20.9 Å². The Labute approximate surface area is 252 Å². The highest BCUT2D eigenvalue weighted by Crippen LogP contribution is 2.19. The van der Waals surface area contributed by atoms with Crippen molar-refractivity contribution in [1.29, 1.82) is 0 Å². The van der Waals surface area contributed by atoms with Crippen LogP contribution in [0.5, 0.6) is 0 Å². The lowest BCUT2D eigenvalue weighted by Gasteiger charge is -2.25. The van der Waals surface area contributed by atoms with Gasteiger partial charge in [-0.1, -0.05) is 62.4 Å². The number of hydrogen-bond acceptors (Lipinski definition) is 6. The van der Waals surface area contributed by atoms with Gasteiger partial charge in [0.15, 0.2) is 0 Å². The van der Waals surface area contributed by atoms with E-state index in [2.05, 4.69) is 20.9 Å². The Morgan fingerprint density at radius 1 is 0.814 bits per heavy atom. The Balaban J connectivity index is 1.82. The molecule has 0 aliphatic rings. The van der Waals surface area contributed by atoms with E-state index in [-0.39, 0.29) is 25.2 Å². The zero-order valence-corrected chi connectivity index (χ0v) is 24.8. The molecule has 0 bridgehead atoms. The molecule has 0 spiro atoms. The number of aromatic nitrogens is 1. The number of nitrogens with two attached hydrogens (primary N) is 2. The van der Waals surface area contributed by atoms with Crippen molar-refractivity contribution < 1.29 is 24.3 Å². The summed E-state index contributed by atoms with van der Waals surface area (Å²) in [6.07, 6.45) is 3.85. The van der Waals surface area contributed by atoms with Gasteiger partial charge in [-0.15, -0.1) is 0 Å². The molecule has 0 saturated heterocycles. The van der Waals surface area contributed by atoms with Gasteiger partial charge in [0.25, 0.3) is 0 Å². The number of carboxylic acid groups (broad SMARTS) is 1. The molecule has 11 heteroatoms. The molecule has 1 aromatic heterocycles. The summed E-state index contributed by atoms with van der Waals surface area (Å²) in [4.78, 5) is 55.4. The minimum absolute atomic E-state index is 0.0817. The van der Waals surface area contributed by atoms with Crippen molar-refractivity contribution in [3.05, 3.63) is 71.9 Å². The molecule has 2 aromatic carbocycles. The van der Waals surface area contributed by atoms with Crippen LogP contribution >= 0.6 is 0 Å². The zero-order chi connectivity index (χ0) is 31.4. The number of H-pyrrole nitrogens is 1. The predicted octanol–water partition coefficient (Wildman–Crippen LogP) is 1.99. The largest absolute Gasteiger partial charge is 0.480 e. The van der Waals surface area contributed by atoms with Crippen LogP contribution in [0.3, 0.4) is 0 Å². The van der Waals surface area contributed by atoms with Crippen LogP contribution in [0.25, 0.3) is 10.9 Å².